The molecule has 4 rings (SSSR count). The Labute approximate surface area is 182 Å². The number of hydrogen-bond acceptors (Lipinski definition) is 4. The van der Waals surface area contributed by atoms with E-state index in [1.54, 1.807) is 11.3 Å². The van der Waals surface area contributed by atoms with E-state index in [1.807, 2.05) is 53.1 Å². The lowest BCUT2D eigenvalue weighted by Gasteiger charge is -2.32. The van der Waals surface area contributed by atoms with E-state index in [0.717, 1.165) is 72.9 Å². The average Bonchev–Trinajstić information content (AvgIpc) is 3.24. The maximum absolute atomic E-state index is 12.7. The zero-order chi connectivity index (χ0) is 20.9. The van der Waals surface area contributed by atoms with Crippen molar-refractivity contribution in [1.29, 1.82) is 0 Å². The molecule has 2 fully saturated rings. The van der Waals surface area contributed by atoms with Crippen LogP contribution < -0.4 is 4.74 Å². The Balaban J connectivity index is 1.28. The minimum absolute atomic E-state index is 0.117. The van der Waals surface area contributed by atoms with Crippen molar-refractivity contribution in [3.05, 3.63) is 51.7 Å². The van der Waals surface area contributed by atoms with E-state index in [1.165, 1.54) is 6.42 Å². The van der Waals surface area contributed by atoms with E-state index in [4.69, 9.17) is 4.74 Å². The van der Waals surface area contributed by atoms with Gasteiger partial charge in [0.2, 0.25) is 0 Å². The maximum Gasteiger partial charge on any atom is 0.263 e. The van der Waals surface area contributed by atoms with Crippen LogP contribution >= 0.6 is 11.3 Å². The minimum atomic E-state index is 0.117. The summed E-state index contributed by atoms with van der Waals surface area (Å²) in [6, 6.07) is 11.4. The fourth-order valence-corrected chi connectivity index (χ4v) is 5.11. The average molecular weight is 427 g/mol. The summed E-state index contributed by atoms with van der Waals surface area (Å²) in [5.41, 5.74) is 0.727. The Morgan fingerprint density at radius 2 is 1.67 bits per heavy atom. The normalized spacial score (nSPS) is 19.6. The largest absolute Gasteiger partial charge is 0.493 e. The van der Waals surface area contributed by atoms with Crippen molar-refractivity contribution < 1.29 is 14.3 Å². The van der Waals surface area contributed by atoms with Gasteiger partial charge in [0.15, 0.2) is 0 Å². The van der Waals surface area contributed by atoms with Crippen LogP contribution in [0.15, 0.2) is 36.4 Å². The Kier molecular flexibility index (Phi) is 6.72. The van der Waals surface area contributed by atoms with Gasteiger partial charge in [0.05, 0.1) is 11.5 Å². The second kappa shape index (κ2) is 9.65. The van der Waals surface area contributed by atoms with Crippen molar-refractivity contribution in [2.24, 2.45) is 5.92 Å². The van der Waals surface area contributed by atoms with Crippen molar-refractivity contribution in [3.63, 3.8) is 0 Å². The van der Waals surface area contributed by atoms with E-state index in [2.05, 4.69) is 0 Å². The Morgan fingerprint density at radius 1 is 0.933 bits per heavy atom. The highest BCUT2D eigenvalue weighted by molar-refractivity contribution is 7.13. The maximum atomic E-state index is 12.7. The molecule has 160 valence electrons. The number of ether oxygens (including phenoxy) is 1. The quantitative estimate of drug-likeness (QED) is 0.701. The van der Waals surface area contributed by atoms with Gasteiger partial charge in [0.1, 0.15) is 5.75 Å². The molecule has 1 aromatic heterocycles. The minimum Gasteiger partial charge on any atom is -0.493 e. The number of aryl methyl sites for hydroxylation is 1. The zero-order valence-electron chi connectivity index (χ0n) is 17.6. The molecule has 2 aliphatic rings. The molecule has 0 unspecified atom stereocenters. The number of amides is 2. The summed E-state index contributed by atoms with van der Waals surface area (Å²) < 4.78 is 6.00. The third-order valence-corrected chi connectivity index (χ3v) is 6.98. The number of thiophene rings is 1. The van der Waals surface area contributed by atoms with Crippen LogP contribution in [0.4, 0.5) is 0 Å². The van der Waals surface area contributed by atoms with E-state index < -0.39 is 0 Å². The van der Waals surface area contributed by atoms with Crippen LogP contribution in [0.3, 0.4) is 0 Å². The van der Waals surface area contributed by atoms with Crippen LogP contribution in [0.25, 0.3) is 0 Å². The highest BCUT2D eigenvalue weighted by Crippen LogP contribution is 2.24. The molecule has 30 heavy (non-hydrogen) atoms. The molecule has 2 amide bonds. The van der Waals surface area contributed by atoms with Crippen LogP contribution in [-0.4, -0.2) is 54.4 Å². The summed E-state index contributed by atoms with van der Waals surface area (Å²) in [6.07, 6.45) is 5.49. The van der Waals surface area contributed by atoms with Crippen molar-refractivity contribution in [3.8, 4) is 5.75 Å². The number of hydrogen-bond donors (Lipinski definition) is 0. The van der Waals surface area contributed by atoms with Gasteiger partial charge in [-0.25, -0.2) is 0 Å². The molecule has 5 nitrogen and oxygen atoms in total. The van der Waals surface area contributed by atoms with Gasteiger partial charge in [-0.2, -0.15) is 0 Å². The molecule has 1 aromatic carbocycles. The number of rotatable bonds is 5. The molecule has 0 saturated carbocycles. The molecular weight excluding hydrogens is 396 g/mol. The number of benzene rings is 1. The second-order valence-corrected chi connectivity index (χ2v) is 9.65. The number of piperidine rings is 2. The molecule has 0 radical (unpaired) electrons. The topological polar surface area (TPSA) is 49.9 Å². The first-order chi connectivity index (χ1) is 14.6. The molecular formula is C24H30N2O3S. The molecule has 2 aliphatic heterocycles. The van der Waals surface area contributed by atoms with Gasteiger partial charge in [0.25, 0.3) is 11.8 Å². The van der Waals surface area contributed by atoms with Gasteiger partial charge in [0, 0.05) is 42.5 Å². The summed E-state index contributed by atoms with van der Waals surface area (Å²) in [5.74, 6) is 1.37. The highest BCUT2D eigenvalue weighted by Gasteiger charge is 2.26. The third kappa shape index (κ3) is 5.04. The van der Waals surface area contributed by atoms with Gasteiger partial charge in [-0.15, -0.1) is 11.3 Å². The molecule has 2 aromatic rings. The Morgan fingerprint density at radius 3 is 2.37 bits per heavy atom. The summed E-state index contributed by atoms with van der Waals surface area (Å²) in [5, 5.41) is 0. The standard InChI is InChI=1S/C24H30N2O3S/c1-18-7-12-22(30-18)24(28)26-15-5-6-19(16-26)17-29-21-10-8-20(9-11-21)23(27)25-13-3-2-4-14-25/h7-12,19H,2-6,13-17H2,1H3/t19-/m0/s1. The van der Waals surface area contributed by atoms with Crippen LogP contribution in [0.5, 0.6) is 5.75 Å². The molecule has 0 aliphatic carbocycles. The van der Waals surface area contributed by atoms with E-state index >= 15 is 0 Å². The number of likely N-dealkylation sites (tertiary alicyclic amines) is 2. The molecule has 1 atom stereocenters. The molecule has 0 spiro atoms. The van der Waals surface area contributed by atoms with Crippen LogP contribution in [0.2, 0.25) is 0 Å². The Hall–Kier alpha value is -2.34. The molecule has 3 heterocycles. The summed E-state index contributed by atoms with van der Waals surface area (Å²) in [4.78, 5) is 31.2. The van der Waals surface area contributed by atoms with Gasteiger partial charge in [-0.3, -0.25) is 9.59 Å². The lowest BCUT2D eigenvalue weighted by Crippen LogP contribution is -2.41. The van der Waals surface area contributed by atoms with Gasteiger partial charge in [-0.05, 0) is 75.4 Å². The molecule has 0 N–H and O–H groups in total. The smallest absolute Gasteiger partial charge is 0.263 e. The number of nitrogens with zero attached hydrogens (tertiary/aromatic N) is 2. The molecule has 0 bridgehead atoms. The first kappa shape index (κ1) is 20.9. The highest BCUT2D eigenvalue weighted by atomic mass is 32.1. The van der Waals surface area contributed by atoms with E-state index in [9.17, 15) is 9.59 Å². The fourth-order valence-electron chi connectivity index (χ4n) is 4.28. The van der Waals surface area contributed by atoms with Crippen LogP contribution in [-0.2, 0) is 0 Å². The van der Waals surface area contributed by atoms with Gasteiger partial charge >= 0.3 is 0 Å². The molecule has 2 saturated heterocycles. The predicted molar refractivity (Wildman–Crippen MR) is 119 cm³/mol. The van der Waals surface area contributed by atoms with Gasteiger partial charge in [-0.1, -0.05) is 0 Å². The summed E-state index contributed by atoms with van der Waals surface area (Å²) >= 11 is 1.56. The van der Waals surface area contributed by atoms with E-state index in [0.29, 0.717) is 12.5 Å². The first-order valence-corrected chi connectivity index (χ1v) is 11.8. The second-order valence-electron chi connectivity index (χ2n) is 8.36. The van der Waals surface area contributed by atoms with Crippen molar-refractivity contribution in [2.75, 3.05) is 32.8 Å². The number of carbonyl (C=O) groups is 2. The van der Waals surface area contributed by atoms with E-state index in [-0.39, 0.29) is 11.8 Å². The van der Waals surface area contributed by atoms with Crippen LogP contribution in [0.1, 0.15) is 57.0 Å². The fraction of sp³-hybridized carbons (Fsp3) is 0.500. The molecule has 6 heteroatoms. The summed E-state index contributed by atoms with van der Waals surface area (Å²) in [6.45, 7) is 5.89. The number of carbonyl (C=O) groups excluding carboxylic acids is 2. The van der Waals surface area contributed by atoms with Gasteiger partial charge < -0.3 is 14.5 Å². The Bertz CT molecular complexity index is 871. The van der Waals surface area contributed by atoms with Crippen LogP contribution in [0, 0.1) is 12.8 Å². The lowest BCUT2D eigenvalue weighted by atomic mass is 9.99. The van der Waals surface area contributed by atoms with Crippen molar-refractivity contribution >= 4 is 23.2 Å². The third-order valence-electron chi connectivity index (χ3n) is 5.99. The van der Waals surface area contributed by atoms with Crippen molar-refractivity contribution in [1.82, 2.24) is 9.80 Å². The van der Waals surface area contributed by atoms with Crippen molar-refractivity contribution in [2.45, 2.75) is 39.0 Å². The predicted octanol–water partition coefficient (Wildman–Crippen LogP) is 4.61. The lowest BCUT2D eigenvalue weighted by molar-refractivity contribution is 0.0638. The monoisotopic (exact) mass is 426 g/mol. The SMILES string of the molecule is Cc1ccc(C(=O)N2CCC[C@H](COc3ccc(C(=O)N4CCCCC4)cc3)C2)s1. The zero-order valence-corrected chi connectivity index (χ0v) is 18.5. The first-order valence-electron chi connectivity index (χ1n) is 11.0. The summed E-state index contributed by atoms with van der Waals surface area (Å²) in [7, 11) is 0.